The molecule has 170 valence electrons. The van der Waals surface area contributed by atoms with Crippen molar-refractivity contribution in [2.24, 2.45) is 17.8 Å². The van der Waals surface area contributed by atoms with Crippen LogP contribution in [0, 0.1) is 17.8 Å². The maximum Gasteiger partial charge on any atom is 0.0510 e. The Morgan fingerprint density at radius 1 is 0.714 bits per heavy atom. The molecule has 4 atom stereocenters. The maximum atomic E-state index is 5.46. The van der Waals surface area contributed by atoms with Crippen molar-refractivity contribution in [2.45, 2.75) is 80.7 Å². The van der Waals surface area contributed by atoms with Crippen molar-refractivity contribution in [3.8, 4) is 0 Å². The highest BCUT2D eigenvalue weighted by Gasteiger charge is 2.33. The molecule has 4 heteroatoms. The van der Waals surface area contributed by atoms with E-state index in [1.54, 1.807) is 0 Å². The number of nitrogens with one attached hydrogen (secondary N) is 1. The summed E-state index contributed by atoms with van der Waals surface area (Å²) in [6.45, 7) is 27.4. The molecule has 0 saturated carbocycles. The molecule has 0 aromatic heterocycles. The van der Waals surface area contributed by atoms with Crippen LogP contribution in [0.1, 0.15) is 74.7 Å². The number of fused-ring (bicyclic) bond motifs is 2. The summed E-state index contributed by atoms with van der Waals surface area (Å²) in [6, 6.07) is 0.823. The van der Waals surface area contributed by atoms with Gasteiger partial charge in [-0.3, -0.25) is 0 Å². The fourth-order valence-electron chi connectivity index (χ4n) is 4.61. The first-order valence-corrected chi connectivity index (χ1v) is 12.6. The molecule has 4 fully saturated rings. The minimum absolute atomic E-state index is 0.823. The van der Waals surface area contributed by atoms with Crippen molar-refractivity contribution in [3.63, 3.8) is 0 Å². The largest absolute Gasteiger partial charge is 0.381 e. The van der Waals surface area contributed by atoms with Crippen LogP contribution >= 0.6 is 0 Å². The van der Waals surface area contributed by atoms with Crippen LogP contribution in [0.5, 0.6) is 0 Å². The van der Waals surface area contributed by atoms with Crippen LogP contribution in [0.3, 0.4) is 0 Å². The van der Waals surface area contributed by atoms with Gasteiger partial charge in [0.15, 0.2) is 0 Å². The highest BCUT2D eigenvalue weighted by molar-refractivity contribution is 4.90. The molecule has 0 spiro atoms. The standard InChI is InChI=1S/C9H18N2.C9H17NO.3C2H6/c1-2-11-6-4-8-3-5-10-9(8)7-11;1-2-10-4-3-8-6-11-7-9(8)5-10;3*1-2/h8-10H,2-7H2,1H3;8-9H,2-7H2,1H3;3*1-2H3. The maximum absolute atomic E-state index is 5.46. The second-order valence-electron chi connectivity index (χ2n) is 7.53. The van der Waals surface area contributed by atoms with E-state index < -0.39 is 0 Å². The number of piperidine rings is 2. The van der Waals surface area contributed by atoms with Crippen molar-refractivity contribution in [1.82, 2.24) is 15.1 Å². The van der Waals surface area contributed by atoms with E-state index in [9.17, 15) is 0 Å². The predicted octanol–water partition coefficient (Wildman–Crippen LogP) is 4.74. The van der Waals surface area contributed by atoms with Crippen LogP contribution in [-0.4, -0.2) is 74.9 Å². The summed E-state index contributed by atoms with van der Waals surface area (Å²) < 4.78 is 5.46. The quantitative estimate of drug-likeness (QED) is 0.725. The van der Waals surface area contributed by atoms with Crippen LogP contribution in [0.4, 0.5) is 0 Å². The van der Waals surface area contributed by atoms with Crippen molar-refractivity contribution in [1.29, 1.82) is 0 Å². The first-order chi connectivity index (χ1) is 13.8. The molecule has 4 saturated heterocycles. The summed E-state index contributed by atoms with van der Waals surface area (Å²) in [5.74, 6) is 2.74. The average Bonchev–Trinajstić information content (AvgIpc) is 3.46. The molecule has 28 heavy (non-hydrogen) atoms. The molecular weight excluding hydrogens is 346 g/mol. The molecule has 4 unspecified atom stereocenters. The Morgan fingerprint density at radius 2 is 1.25 bits per heavy atom. The molecule has 0 bridgehead atoms. The smallest absolute Gasteiger partial charge is 0.0510 e. The molecule has 0 radical (unpaired) electrons. The van der Waals surface area contributed by atoms with Crippen LogP contribution in [-0.2, 0) is 4.74 Å². The monoisotopic (exact) mass is 399 g/mol. The number of hydrogen-bond donors (Lipinski definition) is 1. The first kappa shape index (κ1) is 27.8. The number of rotatable bonds is 2. The van der Waals surface area contributed by atoms with Crippen LogP contribution in [0.2, 0.25) is 0 Å². The van der Waals surface area contributed by atoms with Gasteiger partial charge in [0.1, 0.15) is 0 Å². The lowest BCUT2D eigenvalue weighted by Gasteiger charge is -2.33. The molecule has 0 aliphatic carbocycles. The Labute approximate surface area is 177 Å². The Hall–Kier alpha value is -0.160. The summed E-state index contributed by atoms with van der Waals surface area (Å²) in [5, 5.41) is 3.58. The van der Waals surface area contributed by atoms with E-state index in [0.717, 1.165) is 37.0 Å². The van der Waals surface area contributed by atoms with Crippen molar-refractivity contribution in [3.05, 3.63) is 0 Å². The van der Waals surface area contributed by atoms with Crippen LogP contribution < -0.4 is 5.32 Å². The van der Waals surface area contributed by atoms with Gasteiger partial charge in [-0.1, -0.05) is 55.4 Å². The molecule has 0 aromatic carbocycles. The number of hydrogen-bond acceptors (Lipinski definition) is 4. The fraction of sp³-hybridized carbons (Fsp3) is 1.00. The Bertz CT molecular complexity index is 308. The van der Waals surface area contributed by atoms with E-state index in [-0.39, 0.29) is 0 Å². The van der Waals surface area contributed by atoms with Gasteiger partial charge in [0.2, 0.25) is 0 Å². The minimum atomic E-state index is 0.823. The summed E-state index contributed by atoms with van der Waals surface area (Å²) in [4.78, 5) is 5.09. The third-order valence-corrected chi connectivity index (χ3v) is 6.30. The minimum Gasteiger partial charge on any atom is -0.381 e. The van der Waals surface area contributed by atoms with Crippen LogP contribution in [0.15, 0.2) is 0 Å². The first-order valence-electron chi connectivity index (χ1n) is 12.6. The number of ether oxygens (including phenoxy) is 1. The van der Waals surface area contributed by atoms with Gasteiger partial charge in [0, 0.05) is 31.7 Å². The predicted molar refractivity (Wildman–Crippen MR) is 125 cm³/mol. The van der Waals surface area contributed by atoms with Gasteiger partial charge in [-0.25, -0.2) is 0 Å². The highest BCUT2D eigenvalue weighted by atomic mass is 16.5. The van der Waals surface area contributed by atoms with Crippen molar-refractivity contribution in [2.75, 3.05) is 59.0 Å². The lowest BCUT2D eigenvalue weighted by atomic mass is 9.89. The van der Waals surface area contributed by atoms with E-state index in [2.05, 4.69) is 29.0 Å². The van der Waals surface area contributed by atoms with Gasteiger partial charge in [0.05, 0.1) is 6.61 Å². The summed E-state index contributed by atoms with van der Waals surface area (Å²) in [7, 11) is 0. The molecule has 4 aliphatic heterocycles. The zero-order valence-corrected chi connectivity index (χ0v) is 20.6. The molecular formula is C24H53N3O. The highest BCUT2D eigenvalue weighted by Crippen LogP contribution is 2.28. The van der Waals surface area contributed by atoms with Gasteiger partial charge in [-0.15, -0.1) is 0 Å². The number of nitrogens with zero attached hydrogens (tertiary/aromatic N) is 2. The molecule has 4 rings (SSSR count). The SMILES string of the molecule is CC.CC.CC.CCN1CCC2CCNC2C1.CCN1CCC2COCC2C1. The molecule has 0 amide bonds. The van der Waals surface area contributed by atoms with E-state index in [4.69, 9.17) is 4.74 Å². The van der Waals surface area contributed by atoms with E-state index in [1.165, 1.54) is 65.1 Å². The van der Waals surface area contributed by atoms with Crippen LogP contribution in [0.25, 0.3) is 0 Å². The fourth-order valence-corrected chi connectivity index (χ4v) is 4.61. The third kappa shape index (κ3) is 9.11. The third-order valence-electron chi connectivity index (χ3n) is 6.30. The van der Waals surface area contributed by atoms with E-state index in [0.29, 0.717) is 0 Å². The van der Waals surface area contributed by atoms with Crippen molar-refractivity contribution < 1.29 is 4.74 Å². The number of likely N-dealkylation sites (N-methyl/N-ethyl adjacent to an activating group) is 1. The molecule has 4 heterocycles. The van der Waals surface area contributed by atoms with Gasteiger partial charge >= 0.3 is 0 Å². The normalized spacial score (nSPS) is 31.3. The zero-order chi connectivity index (χ0) is 21.4. The van der Waals surface area contributed by atoms with E-state index in [1.807, 2.05) is 41.5 Å². The van der Waals surface area contributed by atoms with Crippen molar-refractivity contribution >= 4 is 0 Å². The second-order valence-corrected chi connectivity index (χ2v) is 7.53. The van der Waals surface area contributed by atoms with Gasteiger partial charge in [0.25, 0.3) is 0 Å². The topological polar surface area (TPSA) is 27.7 Å². The average molecular weight is 400 g/mol. The second kappa shape index (κ2) is 17.7. The Kier molecular flexibility index (Phi) is 17.6. The zero-order valence-electron chi connectivity index (χ0n) is 20.6. The molecule has 4 nitrogen and oxygen atoms in total. The summed E-state index contributed by atoms with van der Waals surface area (Å²) in [6.07, 6.45) is 4.20. The van der Waals surface area contributed by atoms with Gasteiger partial charge in [-0.05, 0) is 63.8 Å². The van der Waals surface area contributed by atoms with Gasteiger partial charge in [-0.2, -0.15) is 0 Å². The Morgan fingerprint density at radius 3 is 1.86 bits per heavy atom. The summed E-state index contributed by atoms with van der Waals surface area (Å²) >= 11 is 0. The lowest BCUT2D eigenvalue weighted by Crippen LogP contribution is -2.46. The molecule has 1 N–H and O–H groups in total. The lowest BCUT2D eigenvalue weighted by molar-refractivity contribution is 0.153. The number of likely N-dealkylation sites (tertiary alicyclic amines) is 2. The van der Waals surface area contributed by atoms with E-state index >= 15 is 0 Å². The molecule has 4 aliphatic rings. The molecule has 0 aromatic rings. The van der Waals surface area contributed by atoms with Gasteiger partial charge < -0.3 is 19.9 Å². The Balaban J connectivity index is 0.000000412. The summed E-state index contributed by atoms with van der Waals surface area (Å²) in [5.41, 5.74) is 0.